The van der Waals surface area contributed by atoms with Crippen LogP contribution in [0, 0.1) is 0 Å². The fourth-order valence-corrected chi connectivity index (χ4v) is 4.21. The van der Waals surface area contributed by atoms with Crippen molar-refractivity contribution in [3.8, 4) is 17.2 Å². The summed E-state index contributed by atoms with van der Waals surface area (Å²) in [6, 6.07) is 20.6. The first-order chi connectivity index (χ1) is 17.1. The number of hydrogen-bond acceptors (Lipinski definition) is 6. The average Bonchev–Trinajstić information content (AvgIpc) is 2.90. The molecule has 0 atom stereocenters. The zero-order valence-electron chi connectivity index (χ0n) is 20.0. The number of para-hydroxylation sites is 3. The first-order valence-corrected chi connectivity index (χ1v) is 11.6. The lowest BCUT2D eigenvalue weighted by molar-refractivity contribution is -0.914. The maximum atomic E-state index is 12.4. The number of methoxy groups -OCH3 is 2. The fourth-order valence-electron chi connectivity index (χ4n) is 4.21. The number of benzene rings is 3. The number of amides is 1. The van der Waals surface area contributed by atoms with Crippen molar-refractivity contribution in [2.24, 2.45) is 5.10 Å². The molecule has 0 aliphatic carbocycles. The third-order valence-electron chi connectivity index (χ3n) is 6.17. The first kappa shape index (κ1) is 24.1. The minimum absolute atomic E-state index is 0.235. The highest BCUT2D eigenvalue weighted by Gasteiger charge is 2.22. The van der Waals surface area contributed by atoms with Crippen LogP contribution in [0.1, 0.15) is 21.5 Å². The van der Waals surface area contributed by atoms with Gasteiger partial charge < -0.3 is 24.4 Å². The summed E-state index contributed by atoms with van der Waals surface area (Å²) in [4.78, 5) is 16.3. The van der Waals surface area contributed by atoms with E-state index in [1.165, 1.54) is 23.8 Å². The maximum absolute atomic E-state index is 12.4. The van der Waals surface area contributed by atoms with Gasteiger partial charge in [-0.25, -0.2) is 5.43 Å². The number of quaternary nitrogens is 1. The molecule has 1 fully saturated rings. The zero-order valence-corrected chi connectivity index (χ0v) is 20.0. The fraction of sp³-hybridized carbons (Fsp3) is 0.259. The van der Waals surface area contributed by atoms with Gasteiger partial charge in [0.05, 0.1) is 52.3 Å². The Balaban J connectivity index is 1.28. The minimum atomic E-state index is -0.332. The van der Waals surface area contributed by atoms with Gasteiger partial charge in [-0.05, 0) is 35.9 Å². The topological polar surface area (TPSA) is 90.7 Å². The number of hydrogen-bond donors (Lipinski definition) is 2. The number of nitrogens with zero attached hydrogens (tertiary/aromatic N) is 2. The van der Waals surface area contributed by atoms with E-state index in [2.05, 4.69) is 21.5 Å². The number of hydrazone groups is 1. The summed E-state index contributed by atoms with van der Waals surface area (Å²) in [6.45, 7) is 4.89. The molecular formula is C27H30N4O4. The van der Waals surface area contributed by atoms with Crippen LogP contribution in [0.3, 0.4) is 0 Å². The van der Waals surface area contributed by atoms with Gasteiger partial charge in [0.2, 0.25) is 0 Å². The van der Waals surface area contributed by atoms with Gasteiger partial charge >= 0.3 is 0 Å². The molecule has 1 aliphatic rings. The molecule has 1 aliphatic heterocycles. The van der Waals surface area contributed by atoms with E-state index in [1.807, 2.05) is 30.3 Å². The van der Waals surface area contributed by atoms with Crippen molar-refractivity contribution < 1.29 is 24.3 Å². The standard InChI is InChI=1S/C27H30N4O4/c1-34-24-8-4-3-7-23(24)31-16-14-30(15-17-31)19-20-10-12-21(13-11-20)27(33)29-28-18-22-6-5-9-25(35-2)26(22)32/h3-13,18,32H,14-17,19H2,1-2H3,(H,29,33)/b28-18+. The van der Waals surface area contributed by atoms with E-state index in [1.54, 1.807) is 37.4 Å². The summed E-state index contributed by atoms with van der Waals surface area (Å²) in [5.74, 6) is 0.537. The number of ether oxygens (including phenoxy) is 2. The van der Waals surface area contributed by atoms with Crippen LogP contribution < -0.4 is 29.8 Å². The van der Waals surface area contributed by atoms with Crippen LogP contribution in [0.25, 0.3) is 0 Å². The summed E-state index contributed by atoms with van der Waals surface area (Å²) in [6.07, 6.45) is 1.32. The number of piperazine rings is 1. The molecule has 8 nitrogen and oxygen atoms in total. The Morgan fingerprint density at radius 1 is 1.00 bits per heavy atom. The predicted octanol–water partition coefficient (Wildman–Crippen LogP) is 1.45. The summed E-state index contributed by atoms with van der Waals surface area (Å²) >= 11 is 0. The number of nitrogens with one attached hydrogen (secondary N) is 2. The van der Waals surface area contributed by atoms with Crippen molar-refractivity contribution in [2.75, 3.05) is 45.3 Å². The van der Waals surface area contributed by atoms with Crippen LogP contribution in [0.4, 0.5) is 5.69 Å². The lowest BCUT2D eigenvalue weighted by atomic mass is 10.1. The van der Waals surface area contributed by atoms with E-state index >= 15 is 0 Å². The van der Waals surface area contributed by atoms with E-state index in [0.717, 1.165) is 44.2 Å². The Labute approximate surface area is 205 Å². The second-order valence-corrected chi connectivity index (χ2v) is 8.36. The zero-order chi connectivity index (χ0) is 24.6. The smallest absolute Gasteiger partial charge is 0.271 e. The van der Waals surface area contributed by atoms with Crippen LogP contribution in [0.2, 0.25) is 0 Å². The van der Waals surface area contributed by atoms with Crippen molar-refractivity contribution in [1.82, 2.24) is 5.43 Å². The number of carbonyl (C=O) groups is 1. The molecular weight excluding hydrogens is 444 g/mol. The molecule has 1 heterocycles. The summed E-state index contributed by atoms with van der Waals surface area (Å²) in [7, 11) is 3.15. The van der Waals surface area contributed by atoms with E-state index in [0.29, 0.717) is 11.1 Å². The van der Waals surface area contributed by atoms with Crippen LogP contribution in [0.5, 0.6) is 17.2 Å². The van der Waals surface area contributed by atoms with Crippen molar-refractivity contribution >= 4 is 17.8 Å². The van der Waals surface area contributed by atoms with Gasteiger partial charge in [-0.1, -0.05) is 42.1 Å². The second-order valence-electron chi connectivity index (χ2n) is 8.36. The molecule has 0 spiro atoms. The summed E-state index contributed by atoms with van der Waals surface area (Å²) in [5, 5.41) is 16.0. The Hall–Kier alpha value is -4.04. The maximum Gasteiger partial charge on any atom is 0.271 e. The van der Waals surface area contributed by atoms with Gasteiger partial charge in [0.15, 0.2) is 0 Å². The molecule has 1 saturated heterocycles. The van der Waals surface area contributed by atoms with Crippen molar-refractivity contribution in [2.45, 2.75) is 6.54 Å². The predicted molar refractivity (Wildman–Crippen MR) is 134 cm³/mol. The summed E-state index contributed by atoms with van der Waals surface area (Å²) < 4.78 is 10.5. The third kappa shape index (κ3) is 5.91. The van der Waals surface area contributed by atoms with Gasteiger partial charge in [0.1, 0.15) is 18.0 Å². The molecule has 3 aromatic rings. The quantitative estimate of drug-likeness (QED) is 0.381. The Morgan fingerprint density at radius 2 is 1.69 bits per heavy atom. The molecule has 3 aromatic carbocycles. The highest BCUT2D eigenvalue weighted by Crippen LogP contribution is 2.27. The van der Waals surface area contributed by atoms with E-state index in [9.17, 15) is 9.90 Å². The van der Waals surface area contributed by atoms with Crippen LogP contribution in [-0.4, -0.2) is 52.5 Å². The number of rotatable bonds is 8. The Bertz CT molecular complexity index is 1170. The van der Waals surface area contributed by atoms with E-state index in [-0.39, 0.29) is 17.4 Å². The van der Waals surface area contributed by atoms with Crippen molar-refractivity contribution in [3.63, 3.8) is 0 Å². The molecule has 0 bridgehead atoms. The minimum Gasteiger partial charge on any atom is -0.870 e. The van der Waals surface area contributed by atoms with Gasteiger partial charge in [-0.15, -0.1) is 0 Å². The van der Waals surface area contributed by atoms with E-state index < -0.39 is 0 Å². The van der Waals surface area contributed by atoms with Crippen molar-refractivity contribution in [1.29, 1.82) is 0 Å². The molecule has 182 valence electrons. The van der Waals surface area contributed by atoms with Gasteiger partial charge in [0, 0.05) is 11.1 Å². The highest BCUT2D eigenvalue weighted by atomic mass is 16.5. The number of anilines is 1. The molecule has 0 aromatic heterocycles. The molecule has 8 heteroatoms. The van der Waals surface area contributed by atoms with Gasteiger partial charge in [-0.2, -0.15) is 5.10 Å². The average molecular weight is 475 g/mol. The highest BCUT2D eigenvalue weighted by molar-refractivity contribution is 5.95. The normalized spacial score (nSPS) is 14.2. The Morgan fingerprint density at radius 3 is 2.40 bits per heavy atom. The molecule has 0 unspecified atom stereocenters. The van der Waals surface area contributed by atoms with Crippen LogP contribution in [0.15, 0.2) is 71.8 Å². The molecule has 1 amide bonds. The van der Waals surface area contributed by atoms with Crippen LogP contribution in [-0.2, 0) is 6.54 Å². The van der Waals surface area contributed by atoms with E-state index in [4.69, 9.17) is 9.47 Å². The molecule has 4 rings (SSSR count). The Kier molecular flexibility index (Phi) is 7.84. The largest absolute Gasteiger partial charge is 0.870 e. The lowest BCUT2D eigenvalue weighted by Crippen LogP contribution is -3.13. The first-order valence-electron chi connectivity index (χ1n) is 11.6. The second kappa shape index (κ2) is 11.4. The number of carbonyl (C=O) groups excluding carboxylic acids is 1. The molecule has 0 radical (unpaired) electrons. The lowest BCUT2D eigenvalue weighted by Gasteiger charge is -2.34. The van der Waals surface area contributed by atoms with Gasteiger partial charge in [0.25, 0.3) is 5.91 Å². The van der Waals surface area contributed by atoms with Crippen molar-refractivity contribution in [3.05, 3.63) is 83.4 Å². The molecule has 2 N–H and O–H groups in total. The van der Waals surface area contributed by atoms with Crippen LogP contribution >= 0.6 is 0 Å². The van der Waals surface area contributed by atoms with Gasteiger partial charge in [-0.3, -0.25) is 4.79 Å². The summed E-state index contributed by atoms with van der Waals surface area (Å²) in [5.41, 5.74) is 5.65. The monoisotopic (exact) mass is 474 g/mol. The molecule has 35 heavy (non-hydrogen) atoms. The SMILES string of the molecule is COc1ccccc1N1CC[NH+](Cc2ccc(C(=O)N/N=C/c3cccc(OC)c3[O-])cc2)CC1. The third-order valence-corrected chi connectivity index (χ3v) is 6.17. The molecule has 0 saturated carbocycles.